The van der Waals surface area contributed by atoms with Gasteiger partial charge in [0.2, 0.25) is 5.91 Å². The second kappa shape index (κ2) is 13.3. The number of terminal acetylenes is 1. The van der Waals surface area contributed by atoms with Crippen molar-refractivity contribution in [2.45, 2.75) is 84.5 Å². The van der Waals surface area contributed by atoms with Crippen LogP contribution < -0.4 is 10.6 Å². The Morgan fingerprint density at radius 2 is 1.73 bits per heavy atom. The fourth-order valence-electron chi connectivity index (χ4n) is 6.38. The number of anilines is 1. The van der Waals surface area contributed by atoms with Crippen molar-refractivity contribution in [1.29, 1.82) is 0 Å². The number of carbonyl (C=O) groups excluding carboxylic acids is 2. The summed E-state index contributed by atoms with van der Waals surface area (Å²) in [6, 6.07) is 11.4. The second-order valence-electron chi connectivity index (χ2n) is 12.2. The first-order valence-corrected chi connectivity index (χ1v) is 14.9. The molecule has 1 aliphatic carbocycles. The van der Waals surface area contributed by atoms with E-state index in [0.717, 1.165) is 24.6 Å². The van der Waals surface area contributed by atoms with E-state index in [1.54, 1.807) is 19.9 Å². The summed E-state index contributed by atoms with van der Waals surface area (Å²) in [7, 11) is 0. The lowest BCUT2D eigenvalue weighted by Crippen LogP contribution is -2.54. The lowest BCUT2D eigenvalue weighted by Gasteiger charge is -2.47. The molecule has 0 radical (unpaired) electrons. The lowest BCUT2D eigenvalue weighted by atomic mass is 9.70. The smallest absolute Gasteiger partial charge is 0.382 e. The number of hydrogen-bond acceptors (Lipinski definition) is 3. The number of nitrogens with one attached hydrogen (secondary N) is 2. The lowest BCUT2D eigenvalue weighted by molar-refractivity contribution is -0.135. The highest BCUT2D eigenvalue weighted by atomic mass is 19.4. The molecule has 9 heteroatoms. The van der Waals surface area contributed by atoms with Crippen LogP contribution in [0.1, 0.15) is 86.8 Å². The van der Waals surface area contributed by atoms with Crippen LogP contribution in [-0.2, 0) is 4.79 Å². The molecule has 2 aromatic carbocycles. The van der Waals surface area contributed by atoms with Crippen molar-refractivity contribution in [2.24, 2.45) is 5.41 Å². The van der Waals surface area contributed by atoms with E-state index in [-0.39, 0.29) is 23.4 Å². The van der Waals surface area contributed by atoms with Crippen LogP contribution in [-0.4, -0.2) is 35.5 Å². The second-order valence-corrected chi connectivity index (χ2v) is 12.2. The van der Waals surface area contributed by atoms with Gasteiger partial charge < -0.3 is 15.5 Å². The Bertz CT molecular complexity index is 1470. The number of piperidine rings is 1. The summed E-state index contributed by atoms with van der Waals surface area (Å²) < 4.78 is 56.1. The zero-order valence-corrected chi connectivity index (χ0v) is 25.6. The van der Waals surface area contributed by atoms with Gasteiger partial charge in [-0.15, -0.1) is 6.42 Å². The third-order valence-corrected chi connectivity index (χ3v) is 8.71. The van der Waals surface area contributed by atoms with E-state index in [0.29, 0.717) is 30.0 Å². The molecule has 0 spiro atoms. The number of carbonyl (C=O) groups is 2. The number of likely N-dealkylation sites (tertiary alicyclic amines) is 1. The molecule has 2 N–H and O–H groups in total. The standard InChI is InChI=1S/C35H39F4N3O2/c1-6-25(21-28(22(2)3)35(37,38)39)41-33(44)34(5)19-10-20-42(32(43)30-23(4)11-9-14-29(30)36)31(34)24-15-17-27(18-16-24)40-26-12-7-8-13-26/h1,9,11,14-18,21,26,31,40H,7-8,10,12-13,19-20H2,2-5H3,(H,41,44)/b25-21+. The normalized spacial score (nSPS) is 21.0. The molecule has 1 saturated carbocycles. The van der Waals surface area contributed by atoms with Gasteiger partial charge in [0.05, 0.1) is 28.3 Å². The third kappa shape index (κ3) is 7.01. The van der Waals surface area contributed by atoms with Gasteiger partial charge in [-0.3, -0.25) is 9.59 Å². The zero-order chi connectivity index (χ0) is 32.2. The average Bonchev–Trinajstić information content (AvgIpc) is 3.47. The molecule has 1 saturated heterocycles. The molecule has 2 unspecified atom stereocenters. The summed E-state index contributed by atoms with van der Waals surface area (Å²) in [5.41, 5.74) is -0.680. The van der Waals surface area contributed by atoms with E-state index in [4.69, 9.17) is 6.42 Å². The zero-order valence-electron chi connectivity index (χ0n) is 25.6. The predicted octanol–water partition coefficient (Wildman–Crippen LogP) is 8.00. The summed E-state index contributed by atoms with van der Waals surface area (Å²) in [6.45, 7) is 6.21. The Balaban J connectivity index is 1.75. The molecule has 2 aromatic rings. The van der Waals surface area contributed by atoms with Crippen LogP contribution in [0.2, 0.25) is 0 Å². The Kier molecular flexibility index (Phi) is 9.92. The largest absolute Gasteiger partial charge is 0.416 e. The number of alkyl halides is 3. The van der Waals surface area contributed by atoms with Gasteiger partial charge in [0.25, 0.3) is 5.91 Å². The molecule has 2 amide bonds. The Hall–Kier alpha value is -4.06. The monoisotopic (exact) mass is 609 g/mol. The topological polar surface area (TPSA) is 61.4 Å². The minimum Gasteiger partial charge on any atom is -0.382 e. The highest BCUT2D eigenvalue weighted by molar-refractivity contribution is 5.97. The Morgan fingerprint density at radius 3 is 2.30 bits per heavy atom. The summed E-state index contributed by atoms with van der Waals surface area (Å²) in [5.74, 6) is 0.320. The van der Waals surface area contributed by atoms with Gasteiger partial charge in [0.15, 0.2) is 0 Å². The van der Waals surface area contributed by atoms with Crippen molar-refractivity contribution in [3.63, 3.8) is 0 Å². The van der Waals surface area contributed by atoms with Crippen LogP contribution in [0.5, 0.6) is 0 Å². The van der Waals surface area contributed by atoms with Crippen LogP contribution in [0, 0.1) is 30.5 Å². The number of aryl methyl sites for hydroxylation is 1. The SMILES string of the molecule is C#C/C(=C\C(=C(C)C)C(F)(F)F)NC(=O)C1(C)CCCN(C(=O)c2c(C)cccc2F)C1c1ccc(NC2CCCC2)cc1. The maximum absolute atomic E-state index is 15.0. The number of allylic oxidation sites excluding steroid dienone is 4. The summed E-state index contributed by atoms with van der Waals surface area (Å²) >= 11 is 0. The van der Waals surface area contributed by atoms with E-state index in [1.807, 2.05) is 24.3 Å². The highest BCUT2D eigenvalue weighted by Gasteiger charge is 2.49. The molecule has 2 atom stereocenters. The summed E-state index contributed by atoms with van der Waals surface area (Å²) in [5, 5.41) is 6.07. The summed E-state index contributed by atoms with van der Waals surface area (Å²) in [6.07, 6.45) is 6.89. The molecule has 1 heterocycles. The van der Waals surface area contributed by atoms with Gasteiger partial charge in [-0.1, -0.05) is 48.6 Å². The first-order valence-electron chi connectivity index (χ1n) is 14.9. The van der Waals surface area contributed by atoms with Gasteiger partial charge >= 0.3 is 6.18 Å². The fourth-order valence-corrected chi connectivity index (χ4v) is 6.38. The van der Waals surface area contributed by atoms with Crippen molar-refractivity contribution in [1.82, 2.24) is 10.2 Å². The van der Waals surface area contributed by atoms with E-state index >= 15 is 4.39 Å². The Morgan fingerprint density at radius 1 is 1.07 bits per heavy atom. The number of amides is 2. The molecule has 2 fully saturated rings. The summed E-state index contributed by atoms with van der Waals surface area (Å²) in [4.78, 5) is 29.6. The molecular formula is C35H39F4N3O2. The molecule has 44 heavy (non-hydrogen) atoms. The van der Waals surface area contributed by atoms with Crippen LogP contribution in [0.15, 0.2) is 65.4 Å². The predicted molar refractivity (Wildman–Crippen MR) is 164 cm³/mol. The van der Waals surface area contributed by atoms with Gasteiger partial charge in [0, 0.05) is 18.3 Å². The van der Waals surface area contributed by atoms with Crippen molar-refractivity contribution < 1.29 is 27.2 Å². The van der Waals surface area contributed by atoms with Crippen molar-refractivity contribution in [3.8, 4) is 12.3 Å². The number of rotatable bonds is 7. The average molecular weight is 610 g/mol. The number of hydrogen-bond donors (Lipinski definition) is 2. The molecule has 0 aromatic heterocycles. The number of nitrogens with zero attached hydrogens (tertiary/aromatic N) is 1. The van der Waals surface area contributed by atoms with Gasteiger partial charge in [-0.2, -0.15) is 13.2 Å². The minimum absolute atomic E-state index is 0.00964. The minimum atomic E-state index is -4.67. The van der Waals surface area contributed by atoms with E-state index in [9.17, 15) is 22.8 Å². The molecule has 234 valence electrons. The Labute approximate surface area is 256 Å². The third-order valence-electron chi connectivity index (χ3n) is 8.71. The van der Waals surface area contributed by atoms with Gasteiger partial charge in [0.1, 0.15) is 5.82 Å². The molecule has 5 nitrogen and oxygen atoms in total. The number of halogens is 4. The molecule has 1 aliphatic heterocycles. The van der Waals surface area contributed by atoms with Crippen molar-refractivity contribution >= 4 is 17.5 Å². The van der Waals surface area contributed by atoms with Crippen LogP contribution >= 0.6 is 0 Å². The molecule has 4 rings (SSSR count). The van der Waals surface area contributed by atoms with E-state index in [2.05, 4.69) is 16.6 Å². The number of benzene rings is 2. The maximum atomic E-state index is 15.0. The van der Waals surface area contributed by atoms with E-state index in [1.165, 1.54) is 43.7 Å². The quantitative estimate of drug-likeness (QED) is 0.190. The van der Waals surface area contributed by atoms with Crippen LogP contribution in [0.3, 0.4) is 0 Å². The molecule has 0 bridgehead atoms. The van der Waals surface area contributed by atoms with E-state index < -0.39 is 40.8 Å². The molecular weight excluding hydrogens is 570 g/mol. The first kappa shape index (κ1) is 32.8. The van der Waals surface area contributed by atoms with Crippen molar-refractivity contribution in [3.05, 3.63) is 87.9 Å². The van der Waals surface area contributed by atoms with Crippen LogP contribution in [0.4, 0.5) is 23.2 Å². The van der Waals surface area contributed by atoms with Gasteiger partial charge in [-0.05, 0) is 88.8 Å². The fraction of sp³-hybridized carbons (Fsp3) is 0.429. The highest BCUT2D eigenvalue weighted by Crippen LogP contribution is 2.47. The molecule has 2 aliphatic rings. The first-order chi connectivity index (χ1) is 20.8. The van der Waals surface area contributed by atoms with Crippen LogP contribution in [0.25, 0.3) is 0 Å². The van der Waals surface area contributed by atoms with Crippen molar-refractivity contribution in [2.75, 3.05) is 11.9 Å². The maximum Gasteiger partial charge on any atom is 0.416 e. The van der Waals surface area contributed by atoms with Gasteiger partial charge in [-0.25, -0.2) is 4.39 Å².